The van der Waals surface area contributed by atoms with Gasteiger partial charge in [0.2, 0.25) is 35.4 Å². The summed E-state index contributed by atoms with van der Waals surface area (Å²) in [4.78, 5) is 92.1. The molecule has 0 heterocycles. The first kappa shape index (κ1) is 51.1. The van der Waals surface area contributed by atoms with Crippen LogP contribution in [-0.4, -0.2) is 87.8 Å². The van der Waals surface area contributed by atoms with Crippen molar-refractivity contribution in [2.24, 2.45) is 16.0 Å². The molecule has 14 heteroatoms. The van der Waals surface area contributed by atoms with Crippen LogP contribution in [0, 0.1) is 0 Å². The molecule has 0 aliphatic rings. The van der Waals surface area contributed by atoms with E-state index in [1.54, 1.807) is 38.1 Å². The number of anilines is 1. The standard InChI is InChI=1S/C56H60N8O6/c1-40(45-21-11-6-12-22-45)60(44(5)65)36-53(67)63(43(4)48-27-17-9-18-28-48)38-56(70)64(51-33-31-50(32-34-51)59-58-49-29-19-10-20-30-49)39-55(69)62(42(3)47-25-15-8-16-26-47)37-54(68)61(35-52(57)66)41(2)46-23-13-7-14-24-46/h6-34,40-43H,35-39H2,1-5H3,(H2,57,66)/t40-,41-,42-,43-/m0/s1. The maximum atomic E-state index is 15.2. The molecule has 6 aromatic rings. The van der Waals surface area contributed by atoms with Crippen LogP contribution in [0.5, 0.6) is 0 Å². The molecule has 0 radical (unpaired) electrons. The van der Waals surface area contributed by atoms with Gasteiger partial charge in [-0.1, -0.05) is 140 Å². The summed E-state index contributed by atoms with van der Waals surface area (Å²) in [5, 5.41) is 8.68. The minimum Gasteiger partial charge on any atom is -0.368 e. The van der Waals surface area contributed by atoms with E-state index in [1.165, 1.54) is 31.4 Å². The van der Waals surface area contributed by atoms with E-state index in [0.29, 0.717) is 17.1 Å². The second-order valence-corrected chi connectivity index (χ2v) is 17.1. The molecule has 70 heavy (non-hydrogen) atoms. The van der Waals surface area contributed by atoms with Gasteiger partial charge in [0.15, 0.2) is 0 Å². The highest BCUT2D eigenvalue weighted by Crippen LogP contribution is 2.29. The zero-order valence-corrected chi connectivity index (χ0v) is 40.2. The number of nitrogens with two attached hydrogens (primary N) is 1. The average Bonchev–Trinajstić information content (AvgIpc) is 3.39. The van der Waals surface area contributed by atoms with E-state index in [9.17, 15) is 19.2 Å². The molecule has 2 N–H and O–H groups in total. The van der Waals surface area contributed by atoms with Crippen LogP contribution in [0.1, 0.15) is 81.0 Å². The smallest absolute Gasteiger partial charge is 0.247 e. The molecule has 14 nitrogen and oxygen atoms in total. The lowest BCUT2D eigenvalue weighted by Crippen LogP contribution is -2.52. The van der Waals surface area contributed by atoms with Gasteiger partial charge in [0.1, 0.15) is 26.2 Å². The molecule has 0 saturated carbocycles. The Labute approximate surface area is 410 Å². The van der Waals surface area contributed by atoms with Crippen molar-refractivity contribution in [3.05, 3.63) is 198 Å². The Kier molecular flexibility index (Phi) is 18.0. The molecular formula is C56H60N8O6. The molecule has 0 aliphatic carbocycles. The molecule has 0 aromatic heterocycles. The normalized spacial score (nSPS) is 12.8. The highest BCUT2D eigenvalue weighted by Gasteiger charge is 2.34. The SMILES string of the molecule is CC(=O)N(CC(=O)N(CC(=O)N(CC(=O)N(CC(=O)N(CC(N)=O)[C@@H](C)c1ccccc1)[C@@H](C)c1ccccc1)c1ccc(N=Nc2ccccc2)cc1)[C@@H](C)c1ccccc1)[C@@H](C)c1ccccc1. The lowest BCUT2D eigenvalue weighted by molar-refractivity contribution is -0.145. The molecule has 0 saturated heterocycles. The van der Waals surface area contributed by atoms with Crippen molar-refractivity contribution in [3.63, 3.8) is 0 Å². The summed E-state index contributed by atoms with van der Waals surface area (Å²) >= 11 is 0. The van der Waals surface area contributed by atoms with Crippen LogP contribution >= 0.6 is 0 Å². The van der Waals surface area contributed by atoms with Crippen LogP contribution in [0.4, 0.5) is 17.1 Å². The number of benzene rings is 6. The Morgan fingerprint density at radius 3 is 1.06 bits per heavy atom. The largest absolute Gasteiger partial charge is 0.368 e. The zero-order valence-electron chi connectivity index (χ0n) is 40.2. The summed E-state index contributed by atoms with van der Waals surface area (Å²) < 4.78 is 0. The number of azo groups is 1. The number of carbonyl (C=O) groups is 6. The zero-order chi connectivity index (χ0) is 50.2. The Morgan fingerprint density at radius 2 is 0.686 bits per heavy atom. The van der Waals surface area contributed by atoms with E-state index in [0.717, 1.165) is 22.3 Å². The van der Waals surface area contributed by atoms with Gasteiger partial charge in [-0.2, -0.15) is 10.2 Å². The summed E-state index contributed by atoms with van der Waals surface area (Å²) in [7, 11) is 0. The highest BCUT2D eigenvalue weighted by atomic mass is 16.2. The third kappa shape index (κ3) is 13.7. The molecule has 4 atom stereocenters. The molecule has 360 valence electrons. The van der Waals surface area contributed by atoms with Gasteiger partial charge in [0.05, 0.1) is 42.1 Å². The third-order valence-electron chi connectivity index (χ3n) is 12.4. The molecule has 6 rings (SSSR count). The van der Waals surface area contributed by atoms with Crippen molar-refractivity contribution < 1.29 is 28.8 Å². The first-order chi connectivity index (χ1) is 33.7. The second kappa shape index (κ2) is 24.7. The van der Waals surface area contributed by atoms with Crippen molar-refractivity contribution in [3.8, 4) is 0 Å². The predicted octanol–water partition coefficient (Wildman–Crippen LogP) is 9.30. The van der Waals surface area contributed by atoms with Gasteiger partial charge in [-0.15, -0.1) is 0 Å². The number of hydrogen-bond acceptors (Lipinski definition) is 8. The Balaban J connectivity index is 1.38. The van der Waals surface area contributed by atoms with E-state index in [-0.39, 0.29) is 12.5 Å². The fourth-order valence-electron chi connectivity index (χ4n) is 8.22. The molecule has 6 aromatic carbocycles. The molecule has 0 bridgehead atoms. The van der Waals surface area contributed by atoms with Crippen molar-refractivity contribution in [1.82, 2.24) is 19.6 Å². The van der Waals surface area contributed by atoms with Gasteiger partial charge in [0, 0.05) is 12.6 Å². The van der Waals surface area contributed by atoms with Crippen molar-refractivity contribution >= 4 is 52.5 Å². The van der Waals surface area contributed by atoms with Crippen LogP contribution in [0.25, 0.3) is 0 Å². The molecule has 0 unspecified atom stereocenters. The van der Waals surface area contributed by atoms with Gasteiger partial charge >= 0.3 is 0 Å². The Morgan fingerprint density at radius 1 is 0.386 bits per heavy atom. The summed E-state index contributed by atoms with van der Waals surface area (Å²) in [5.74, 6) is -3.28. The first-order valence-electron chi connectivity index (χ1n) is 23.2. The van der Waals surface area contributed by atoms with Gasteiger partial charge in [-0.05, 0) is 86.3 Å². The summed E-state index contributed by atoms with van der Waals surface area (Å²) in [6.07, 6.45) is 0. The molecule has 0 fully saturated rings. The highest BCUT2D eigenvalue weighted by molar-refractivity contribution is 6.02. The molecule has 0 spiro atoms. The van der Waals surface area contributed by atoms with Crippen molar-refractivity contribution in [1.29, 1.82) is 0 Å². The van der Waals surface area contributed by atoms with E-state index >= 15 is 9.59 Å². The lowest BCUT2D eigenvalue weighted by Gasteiger charge is -2.36. The number of hydrogen-bond donors (Lipinski definition) is 1. The van der Waals surface area contributed by atoms with Crippen LogP contribution in [0.15, 0.2) is 186 Å². The maximum absolute atomic E-state index is 15.2. The van der Waals surface area contributed by atoms with Crippen LogP contribution in [0.2, 0.25) is 0 Å². The fourth-order valence-corrected chi connectivity index (χ4v) is 8.22. The molecular weight excluding hydrogens is 881 g/mol. The van der Waals surface area contributed by atoms with E-state index in [2.05, 4.69) is 10.2 Å². The van der Waals surface area contributed by atoms with E-state index in [4.69, 9.17) is 5.73 Å². The quantitative estimate of drug-likeness (QED) is 0.0706. The number of rotatable bonds is 21. The average molecular weight is 941 g/mol. The fraction of sp³-hybridized carbons (Fsp3) is 0.250. The van der Waals surface area contributed by atoms with E-state index in [1.807, 2.05) is 166 Å². The number of nitrogens with zero attached hydrogens (tertiary/aromatic N) is 7. The topological polar surface area (TPSA) is 169 Å². The minimum atomic E-state index is -0.724. The first-order valence-corrected chi connectivity index (χ1v) is 23.2. The van der Waals surface area contributed by atoms with Crippen LogP contribution in [-0.2, 0) is 28.8 Å². The third-order valence-corrected chi connectivity index (χ3v) is 12.4. The van der Waals surface area contributed by atoms with Gasteiger partial charge in [0.25, 0.3) is 0 Å². The lowest BCUT2D eigenvalue weighted by atomic mass is 10.1. The number of carbonyl (C=O) groups excluding carboxylic acids is 6. The van der Waals surface area contributed by atoms with Crippen LogP contribution in [0.3, 0.4) is 0 Å². The summed E-state index contributed by atoms with van der Waals surface area (Å²) in [5.41, 5.74) is 10.2. The van der Waals surface area contributed by atoms with E-state index < -0.39 is 79.9 Å². The second-order valence-electron chi connectivity index (χ2n) is 17.1. The molecule has 0 aliphatic heterocycles. The maximum Gasteiger partial charge on any atom is 0.247 e. The minimum absolute atomic E-state index is 0.312. The predicted molar refractivity (Wildman–Crippen MR) is 271 cm³/mol. The summed E-state index contributed by atoms with van der Waals surface area (Å²) in [6, 6.07) is 50.4. The van der Waals surface area contributed by atoms with Crippen molar-refractivity contribution in [2.75, 3.05) is 37.6 Å². The number of amides is 6. The van der Waals surface area contributed by atoms with Gasteiger partial charge < -0.3 is 30.2 Å². The number of primary amides is 1. The van der Waals surface area contributed by atoms with Gasteiger partial charge in [-0.3, -0.25) is 28.8 Å². The van der Waals surface area contributed by atoms with Crippen molar-refractivity contribution in [2.45, 2.75) is 58.8 Å². The monoisotopic (exact) mass is 940 g/mol. The molecule has 6 amide bonds. The summed E-state index contributed by atoms with van der Waals surface area (Å²) in [6.45, 7) is 6.40. The Bertz CT molecular complexity index is 2710. The van der Waals surface area contributed by atoms with Crippen LogP contribution < -0.4 is 10.6 Å². The Hall–Kier alpha value is -8.26. The van der Waals surface area contributed by atoms with Gasteiger partial charge in [-0.25, -0.2) is 0 Å².